The molecule has 3 amide bonds. The topological polar surface area (TPSA) is 93.4 Å². The van der Waals surface area contributed by atoms with Crippen molar-refractivity contribution in [1.29, 1.82) is 0 Å². The molecule has 110 valence electrons. The molecule has 1 aromatic rings. The lowest BCUT2D eigenvalue weighted by Gasteiger charge is -2.14. The van der Waals surface area contributed by atoms with Gasteiger partial charge in [-0.2, -0.15) is 0 Å². The van der Waals surface area contributed by atoms with E-state index < -0.39 is 24.4 Å². The molecule has 1 aromatic carbocycles. The highest BCUT2D eigenvalue weighted by Gasteiger charge is 2.11. The van der Waals surface area contributed by atoms with E-state index in [1.54, 1.807) is 6.07 Å². The van der Waals surface area contributed by atoms with Gasteiger partial charge < -0.3 is 15.8 Å². The zero-order valence-electron chi connectivity index (χ0n) is 11.4. The molecule has 0 aliphatic rings. The number of rotatable bonds is 6. The second-order valence-corrected chi connectivity index (χ2v) is 4.17. The van der Waals surface area contributed by atoms with Crippen LogP contribution in [0.1, 0.15) is 25.5 Å². The number of carbonyl (C=O) groups is 2. The van der Waals surface area contributed by atoms with Gasteiger partial charge in [0.2, 0.25) is 0 Å². The van der Waals surface area contributed by atoms with Crippen LogP contribution in [0, 0.1) is 5.82 Å². The van der Waals surface area contributed by atoms with Crippen LogP contribution < -0.4 is 21.1 Å². The summed E-state index contributed by atoms with van der Waals surface area (Å²) in [6, 6.07) is 3.53. The number of nitrogens with one attached hydrogen (secondary N) is 2. The van der Waals surface area contributed by atoms with E-state index in [0.717, 1.165) is 12.1 Å². The average Bonchev–Trinajstić information content (AvgIpc) is 2.36. The van der Waals surface area contributed by atoms with Crippen molar-refractivity contribution in [2.75, 3.05) is 13.2 Å². The summed E-state index contributed by atoms with van der Waals surface area (Å²) in [5.41, 5.74) is 5.54. The molecule has 0 bridgehead atoms. The van der Waals surface area contributed by atoms with Crippen LogP contribution in [0.15, 0.2) is 18.2 Å². The number of hydrogen-bond acceptors (Lipinski definition) is 4. The first-order valence-corrected chi connectivity index (χ1v) is 6.19. The standard InChI is InChI=1S/C13H18FN3O3/c1-3-16-8(2)9-4-5-11(10(14)6-9)20-7-12(18)17-13(15)19/h4-6,8,16H,3,7H2,1-2H3,(H3,15,17,18,19). The van der Waals surface area contributed by atoms with Crippen LogP contribution in [0.2, 0.25) is 0 Å². The number of nitrogens with two attached hydrogens (primary N) is 1. The first-order valence-electron chi connectivity index (χ1n) is 6.19. The van der Waals surface area contributed by atoms with Crippen LogP contribution in [0.25, 0.3) is 0 Å². The Morgan fingerprint density at radius 3 is 2.70 bits per heavy atom. The molecule has 1 atom stereocenters. The number of amides is 3. The Labute approximate surface area is 116 Å². The molecule has 0 aromatic heterocycles. The van der Waals surface area contributed by atoms with Crippen molar-refractivity contribution in [3.05, 3.63) is 29.6 Å². The third-order valence-corrected chi connectivity index (χ3v) is 2.59. The third-order valence-electron chi connectivity index (χ3n) is 2.59. The fourth-order valence-corrected chi connectivity index (χ4v) is 1.64. The number of ether oxygens (including phenoxy) is 1. The summed E-state index contributed by atoms with van der Waals surface area (Å²) in [5.74, 6) is -1.36. The number of primary amides is 1. The van der Waals surface area contributed by atoms with Gasteiger partial charge in [-0.3, -0.25) is 10.1 Å². The summed E-state index contributed by atoms with van der Waals surface area (Å²) in [6.45, 7) is 4.16. The zero-order chi connectivity index (χ0) is 15.1. The minimum atomic E-state index is -0.978. The molecule has 0 aliphatic carbocycles. The number of carbonyl (C=O) groups excluding carboxylic acids is 2. The summed E-state index contributed by atoms with van der Waals surface area (Å²) in [6.07, 6.45) is 0. The van der Waals surface area contributed by atoms with Gasteiger partial charge in [-0.1, -0.05) is 13.0 Å². The van der Waals surface area contributed by atoms with Gasteiger partial charge >= 0.3 is 6.03 Å². The number of imide groups is 1. The monoisotopic (exact) mass is 283 g/mol. The fourth-order valence-electron chi connectivity index (χ4n) is 1.64. The minimum absolute atomic E-state index is 0.0155. The maximum atomic E-state index is 13.8. The van der Waals surface area contributed by atoms with Crippen molar-refractivity contribution in [1.82, 2.24) is 10.6 Å². The molecule has 0 fully saturated rings. The predicted molar refractivity (Wildman–Crippen MR) is 71.7 cm³/mol. The highest BCUT2D eigenvalue weighted by atomic mass is 19.1. The molecule has 0 saturated carbocycles. The van der Waals surface area contributed by atoms with Crippen molar-refractivity contribution >= 4 is 11.9 Å². The molecule has 7 heteroatoms. The maximum absolute atomic E-state index is 13.8. The van der Waals surface area contributed by atoms with Gasteiger partial charge in [-0.25, -0.2) is 9.18 Å². The number of halogens is 1. The second-order valence-electron chi connectivity index (χ2n) is 4.17. The Morgan fingerprint density at radius 1 is 1.45 bits per heavy atom. The van der Waals surface area contributed by atoms with E-state index in [2.05, 4.69) is 5.32 Å². The summed E-state index contributed by atoms with van der Waals surface area (Å²) in [7, 11) is 0. The zero-order valence-corrected chi connectivity index (χ0v) is 11.4. The van der Waals surface area contributed by atoms with Crippen LogP contribution in [0.3, 0.4) is 0 Å². The molecular formula is C13H18FN3O3. The Balaban J connectivity index is 2.64. The van der Waals surface area contributed by atoms with Crippen molar-refractivity contribution in [3.63, 3.8) is 0 Å². The van der Waals surface area contributed by atoms with Gasteiger partial charge in [0.05, 0.1) is 0 Å². The van der Waals surface area contributed by atoms with Gasteiger partial charge in [0.1, 0.15) is 0 Å². The molecule has 0 saturated heterocycles. The Hall–Kier alpha value is -2.15. The van der Waals surface area contributed by atoms with Crippen molar-refractivity contribution in [2.45, 2.75) is 19.9 Å². The van der Waals surface area contributed by atoms with E-state index in [1.165, 1.54) is 12.1 Å². The lowest BCUT2D eigenvalue weighted by atomic mass is 10.1. The van der Waals surface area contributed by atoms with Gasteiger partial charge in [0, 0.05) is 6.04 Å². The SMILES string of the molecule is CCNC(C)c1ccc(OCC(=O)NC(N)=O)c(F)c1. The van der Waals surface area contributed by atoms with Crippen LogP contribution in [0.5, 0.6) is 5.75 Å². The summed E-state index contributed by atoms with van der Waals surface area (Å²) < 4.78 is 18.8. The predicted octanol–water partition coefficient (Wildman–Crippen LogP) is 1.07. The number of hydrogen-bond donors (Lipinski definition) is 3. The quantitative estimate of drug-likeness (QED) is 0.728. The van der Waals surface area contributed by atoms with E-state index in [-0.39, 0.29) is 11.8 Å². The highest BCUT2D eigenvalue weighted by molar-refractivity contribution is 5.94. The van der Waals surface area contributed by atoms with E-state index >= 15 is 0 Å². The fraction of sp³-hybridized carbons (Fsp3) is 0.385. The van der Waals surface area contributed by atoms with Gasteiger partial charge in [-0.15, -0.1) is 0 Å². The van der Waals surface area contributed by atoms with Crippen LogP contribution in [-0.4, -0.2) is 25.1 Å². The second kappa shape index (κ2) is 7.44. The smallest absolute Gasteiger partial charge is 0.318 e. The Morgan fingerprint density at radius 2 is 2.15 bits per heavy atom. The molecule has 0 aliphatic heterocycles. The largest absolute Gasteiger partial charge is 0.481 e. The first-order chi connectivity index (χ1) is 9.43. The normalized spacial score (nSPS) is 11.8. The van der Waals surface area contributed by atoms with Crippen molar-refractivity contribution in [2.24, 2.45) is 5.73 Å². The van der Waals surface area contributed by atoms with Gasteiger partial charge in [-0.05, 0) is 31.2 Å². The minimum Gasteiger partial charge on any atom is -0.481 e. The summed E-state index contributed by atoms with van der Waals surface area (Å²) in [4.78, 5) is 21.6. The van der Waals surface area contributed by atoms with E-state index in [4.69, 9.17) is 10.5 Å². The van der Waals surface area contributed by atoms with Crippen molar-refractivity contribution < 1.29 is 18.7 Å². The van der Waals surface area contributed by atoms with Crippen molar-refractivity contribution in [3.8, 4) is 5.75 Å². The number of benzene rings is 1. The summed E-state index contributed by atoms with van der Waals surface area (Å²) >= 11 is 0. The van der Waals surface area contributed by atoms with Crippen LogP contribution >= 0.6 is 0 Å². The van der Waals surface area contributed by atoms with E-state index in [9.17, 15) is 14.0 Å². The van der Waals surface area contributed by atoms with Gasteiger partial charge in [0.25, 0.3) is 5.91 Å². The molecule has 6 nitrogen and oxygen atoms in total. The molecule has 0 heterocycles. The molecular weight excluding hydrogens is 265 g/mol. The van der Waals surface area contributed by atoms with Gasteiger partial charge in [0.15, 0.2) is 18.2 Å². The molecule has 20 heavy (non-hydrogen) atoms. The first kappa shape index (κ1) is 15.9. The summed E-state index contributed by atoms with van der Waals surface area (Å²) in [5, 5.41) is 4.98. The maximum Gasteiger partial charge on any atom is 0.318 e. The Kier molecular flexibility index (Phi) is 5.92. The molecule has 4 N–H and O–H groups in total. The molecule has 1 unspecified atom stereocenters. The molecule has 1 rings (SSSR count). The van der Waals surface area contributed by atoms with Crippen LogP contribution in [-0.2, 0) is 4.79 Å². The average molecular weight is 283 g/mol. The highest BCUT2D eigenvalue weighted by Crippen LogP contribution is 2.21. The van der Waals surface area contributed by atoms with E-state index in [1.807, 2.05) is 19.2 Å². The van der Waals surface area contributed by atoms with Crippen LogP contribution in [0.4, 0.5) is 9.18 Å². The Bertz CT molecular complexity index is 494. The van der Waals surface area contributed by atoms with E-state index in [0.29, 0.717) is 0 Å². The molecule has 0 spiro atoms. The lowest BCUT2D eigenvalue weighted by molar-refractivity contribution is -0.121. The number of urea groups is 1. The third kappa shape index (κ3) is 4.85. The lowest BCUT2D eigenvalue weighted by Crippen LogP contribution is -2.38. The molecule has 0 radical (unpaired) electrons.